The fraction of sp³-hybridized carbons (Fsp3) is 0.833. The summed E-state index contributed by atoms with van der Waals surface area (Å²) < 4.78 is 0. The Balaban J connectivity index is 0.00000256. The van der Waals surface area contributed by atoms with Gasteiger partial charge >= 0.3 is 0 Å². The van der Waals surface area contributed by atoms with Gasteiger partial charge in [0.05, 0.1) is 12.6 Å². The summed E-state index contributed by atoms with van der Waals surface area (Å²) in [4.78, 5) is 28.0. The molecule has 90 valence electrons. The second kappa shape index (κ2) is 6.35. The normalized spacial score (nSPS) is 30.4. The number of carbonyl (C=O) groups excluding carboxylic acids is 2. The molecule has 17 heavy (non-hydrogen) atoms. The van der Waals surface area contributed by atoms with Crippen molar-refractivity contribution in [1.29, 1.82) is 0 Å². The second-order valence-electron chi connectivity index (χ2n) is 5.84. The molecule has 1 aliphatic carbocycles. The fourth-order valence-corrected chi connectivity index (χ4v) is 3.09. The minimum Gasteiger partial charge on any atom is -0.211 e. The minimum atomic E-state index is -0.0653. The van der Waals surface area contributed by atoms with Gasteiger partial charge < -0.3 is 0 Å². The zero-order chi connectivity index (χ0) is 12.2. The zero-order valence-electron chi connectivity index (χ0n) is 10.8. The molecule has 0 aromatic rings. The van der Waals surface area contributed by atoms with E-state index in [0.717, 1.165) is 19.3 Å². The smallest absolute Gasteiger partial charge is 0.211 e. The van der Waals surface area contributed by atoms with Crippen LogP contribution in [0.15, 0.2) is 9.98 Å². The molecule has 0 N–H and O–H groups in total. The Kier molecular flexibility index (Phi) is 6.12. The summed E-state index contributed by atoms with van der Waals surface area (Å²) in [6.07, 6.45) is 5.88. The number of hydrogen-bond acceptors (Lipinski definition) is 4. The van der Waals surface area contributed by atoms with Crippen molar-refractivity contribution in [1.82, 2.24) is 0 Å². The summed E-state index contributed by atoms with van der Waals surface area (Å²) in [6.45, 7) is 6.86. The predicted molar refractivity (Wildman–Crippen MR) is 60.6 cm³/mol. The first-order chi connectivity index (χ1) is 7.41. The van der Waals surface area contributed by atoms with Gasteiger partial charge in [0.15, 0.2) is 0 Å². The van der Waals surface area contributed by atoms with Crippen molar-refractivity contribution in [2.45, 2.75) is 46.1 Å². The van der Waals surface area contributed by atoms with Gasteiger partial charge in [0.25, 0.3) is 0 Å². The van der Waals surface area contributed by atoms with Gasteiger partial charge in [-0.3, -0.25) is 0 Å². The van der Waals surface area contributed by atoms with Crippen LogP contribution in [0.5, 0.6) is 0 Å². The molecule has 0 aromatic carbocycles. The van der Waals surface area contributed by atoms with E-state index in [9.17, 15) is 9.59 Å². The average molecular weight is 288 g/mol. The molecule has 0 spiro atoms. The topological polar surface area (TPSA) is 58.9 Å². The van der Waals surface area contributed by atoms with Crippen LogP contribution in [0.25, 0.3) is 0 Å². The van der Waals surface area contributed by atoms with Crippen molar-refractivity contribution in [2.75, 3.05) is 6.54 Å². The molecule has 0 aliphatic heterocycles. The molecule has 0 amide bonds. The number of rotatable bonds is 3. The van der Waals surface area contributed by atoms with Crippen LogP contribution in [0.1, 0.15) is 40.0 Å². The summed E-state index contributed by atoms with van der Waals surface area (Å²) in [5.74, 6) is 0. The van der Waals surface area contributed by atoms with Crippen molar-refractivity contribution in [2.24, 2.45) is 20.8 Å². The third kappa shape index (κ3) is 5.04. The molecule has 5 heteroatoms. The quantitative estimate of drug-likeness (QED) is 0.454. The van der Waals surface area contributed by atoms with Crippen molar-refractivity contribution in [3.63, 3.8) is 0 Å². The van der Waals surface area contributed by atoms with Crippen LogP contribution in [0.4, 0.5) is 0 Å². The van der Waals surface area contributed by atoms with Gasteiger partial charge in [0.2, 0.25) is 12.2 Å². The van der Waals surface area contributed by atoms with Crippen LogP contribution in [-0.4, -0.2) is 24.7 Å². The number of hydrogen-bond donors (Lipinski definition) is 0. The van der Waals surface area contributed by atoms with Gasteiger partial charge in [-0.25, -0.2) is 19.6 Å². The van der Waals surface area contributed by atoms with E-state index in [0.29, 0.717) is 6.54 Å². The Morgan fingerprint density at radius 1 is 1.18 bits per heavy atom. The molecule has 1 saturated carbocycles. The predicted octanol–water partition coefficient (Wildman–Crippen LogP) is 2.24. The van der Waals surface area contributed by atoms with Crippen LogP contribution >= 0.6 is 0 Å². The molecule has 0 heterocycles. The zero-order valence-corrected chi connectivity index (χ0v) is 13.8. The average Bonchev–Trinajstić information content (AvgIpc) is 2.12. The van der Waals surface area contributed by atoms with E-state index >= 15 is 0 Å². The molecule has 1 rings (SSSR count). The Morgan fingerprint density at radius 3 is 2.35 bits per heavy atom. The van der Waals surface area contributed by atoms with E-state index in [-0.39, 0.29) is 36.3 Å². The summed E-state index contributed by atoms with van der Waals surface area (Å²) in [6, 6.07) is 0.00750. The van der Waals surface area contributed by atoms with Gasteiger partial charge in [-0.1, -0.05) is 20.8 Å². The van der Waals surface area contributed by atoms with Crippen LogP contribution < -0.4 is 0 Å². The maximum atomic E-state index is 10.3. The molecule has 0 bridgehead atoms. The van der Waals surface area contributed by atoms with Crippen LogP contribution in [0.2, 0.25) is 0 Å². The van der Waals surface area contributed by atoms with Crippen LogP contribution in [0.3, 0.4) is 0 Å². The maximum Gasteiger partial charge on any atom is 0.235 e. The number of nitrogens with zero attached hydrogens (tertiary/aromatic N) is 2. The standard InChI is InChI=1S/C12H18N2O2.Zn/c1-11(2)4-10(14-9-16)5-12(3,6-11)7-13-8-15;/h10H,4-7H2,1-3H3;. The van der Waals surface area contributed by atoms with Crippen molar-refractivity contribution >= 4 is 12.2 Å². The summed E-state index contributed by atoms with van der Waals surface area (Å²) in [7, 11) is 0. The van der Waals surface area contributed by atoms with E-state index in [2.05, 4.69) is 30.8 Å². The molecule has 0 aromatic heterocycles. The maximum absolute atomic E-state index is 10.3. The number of aliphatic imine (C=N–C) groups is 2. The summed E-state index contributed by atoms with van der Waals surface area (Å²) >= 11 is 0. The van der Waals surface area contributed by atoms with E-state index in [1.807, 2.05) is 0 Å². The van der Waals surface area contributed by atoms with Gasteiger partial charge in [-0.15, -0.1) is 0 Å². The third-order valence-electron chi connectivity index (χ3n) is 3.18. The van der Waals surface area contributed by atoms with E-state index in [1.165, 1.54) is 0 Å². The Hall–Kier alpha value is -0.617. The first-order valence-electron chi connectivity index (χ1n) is 5.51. The molecular formula is C12H18N2O2Zn. The second-order valence-corrected chi connectivity index (χ2v) is 5.84. The van der Waals surface area contributed by atoms with E-state index in [1.54, 1.807) is 12.2 Å². The molecule has 1 aliphatic rings. The van der Waals surface area contributed by atoms with E-state index < -0.39 is 0 Å². The SMILES string of the molecule is CC1(C)CC(N=C=O)CC(C)(CN=C=O)C1.[Zn]. The molecule has 1 fully saturated rings. The van der Waals surface area contributed by atoms with Crippen molar-refractivity contribution in [3.8, 4) is 0 Å². The molecule has 2 atom stereocenters. The Bertz CT molecular complexity index is 358. The Labute approximate surface area is 115 Å². The molecule has 0 radical (unpaired) electrons. The molecular weight excluding hydrogens is 270 g/mol. The van der Waals surface area contributed by atoms with Gasteiger partial charge in [-0.2, -0.15) is 0 Å². The fourth-order valence-electron chi connectivity index (χ4n) is 3.09. The van der Waals surface area contributed by atoms with Crippen molar-refractivity contribution in [3.05, 3.63) is 0 Å². The monoisotopic (exact) mass is 286 g/mol. The first-order valence-corrected chi connectivity index (χ1v) is 5.51. The van der Waals surface area contributed by atoms with Crippen molar-refractivity contribution < 1.29 is 29.1 Å². The van der Waals surface area contributed by atoms with Crippen LogP contribution in [0, 0.1) is 10.8 Å². The largest absolute Gasteiger partial charge is 0.235 e. The first kappa shape index (κ1) is 16.4. The molecule has 4 nitrogen and oxygen atoms in total. The number of isocyanates is 2. The summed E-state index contributed by atoms with van der Waals surface area (Å²) in [5, 5.41) is 0. The van der Waals surface area contributed by atoms with Gasteiger partial charge in [0, 0.05) is 19.5 Å². The Morgan fingerprint density at radius 2 is 1.82 bits per heavy atom. The van der Waals surface area contributed by atoms with Gasteiger partial charge in [0.1, 0.15) is 0 Å². The minimum absolute atomic E-state index is 0. The van der Waals surface area contributed by atoms with E-state index in [4.69, 9.17) is 0 Å². The molecule has 0 saturated heterocycles. The van der Waals surface area contributed by atoms with Gasteiger partial charge in [-0.05, 0) is 30.1 Å². The van der Waals surface area contributed by atoms with Crippen LogP contribution in [-0.2, 0) is 29.1 Å². The molecule has 2 unspecified atom stereocenters. The summed E-state index contributed by atoms with van der Waals surface area (Å²) in [5.41, 5.74) is 0.0561. The third-order valence-corrected chi connectivity index (χ3v) is 3.18.